The van der Waals surface area contributed by atoms with Crippen LogP contribution >= 0.6 is 11.3 Å². The number of hydrogen-bond acceptors (Lipinski definition) is 7. The standard InChI is InChI=1S/C16H13N3O4S/c20-14(17-10-3-4-11-12(8-10)22-9-21-11)5-6-15-18-16(19-23-15)13-2-1-7-24-13/h1-4,7-8H,5-6,9H2,(H,17,20). The van der Waals surface area contributed by atoms with Crippen LogP contribution in [0, 0.1) is 0 Å². The molecule has 0 atom stereocenters. The highest BCUT2D eigenvalue weighted by molar-refractivity contribution is 7.13. The maximum absolute atomic E-state index is 12.1. The van der Waals surface area contributed by atoms with Crippen LogP contribution in [0.15, 0.2) is 40.2 Å². The molecule has 1 N–H and O–H groups in total. The van der Waals surface area contributed by atoms with Crippen molar-refractivity contribution in [3.8, 4) is 22.2 Å². The number of amides is 1. The first-order valence-corrected chi connectivity index (χ1v) is 8.22. The molecule has 2 aromatic heterocycles. The Balaban J connectivity index is 1.33. The van der Waals surface area contributed by atoms with E-state index in [9.17, 15) is 4.79 Å². The monoisotopic (exact) mass is 343 g/mol. The van der Waals surface area contributed by atoms with Crippen LogP contribution in [0.5, 0.6) is 11.5 Å². The predicted molar refractivity (Wildman–Crippen MR) is 87.1 cm³/mol. The third-order valence-corrected chi connectivity index (χ3v) is 4.30. The van der Waals surface area contributed by atoms with E-state index in [1.54, 1.807) is 18.2 Å². The summed E-state index contributed by atoms with van der Waals surface area (Å²) in [5, 5.41) is 8.68. The van der Waals surface area contributed by atoms with Crippen molar-refractivity contribution < 1.29 is 18.8 Å². The number of carbonyl (C=O) groups is 1. The van der Waals surface area contributed by atoms with E-state index in [2.05, 4.69) is 15.5 Å². The van der Waals surface area contributed by atoms with Crippen molar-refractivity contribution in [1.82, 2.24) is 10.1 Å². The van der Waals surface area contributed by atoms with Crippen molar-refractivity contribution in [2.45, 2.75) is 12.8 Å². The number of carbonyl (C=O) groups excluding carboxylic acids is 1. The molecule has 0 spiro atoms. The van der Waals surface area contributed by atoms with E-state index < -0.39 is 0 Å². The molecule has 0 unspecified atom stereocenters. The number of nitrogens with zero attached hydrogens (tertiary/aromatic N) is 2. The van der Waals surface area contributed by atoms with Gasteiger partial charge in [-0.3, -0.25) is 4.79 Å². The maximum Gasteiger partial charge on any atom is 0.231 e. The third kappa shape index (κ3) is 3.09. The Labute approximate surface area is 141 Å². The Morgan fingerprint density at radius 3 is 3.04 bits per heavy atom. The number of fused-ring (bicyclic) bond motifs is 1. The highest BCUT2D eigenvalue weighted by Gasteiger charge is 2.15. The molecule has 0 saturated carbocycles. The lowest BCUT2D eigenvalue weighted by molar-refractivity contribution is -0.116. The summed E-state index contributed by atoms with van der Waals surface area (Å²) in [6.07, 6.45) is 0.634. The summed E-state index contributed by atoms with van der Waals surface area (Å²) in [5.74, 6) is 2.17. The lowest BCUT2D eigenvalue weighted by Gasteiger charge is -2.05. The molecule has 3 aromatic rings. The van der Waals surface area contributed by atoms with Crippen LogP contribution in [0.25, 0.3) is 10.7 Å². The van der Waals surface area contributed by atoms with E-state index in [4.69, 9.17) is 14.0 Å². The molecule has 8 heteroatoms. The summed E-state index contributed by atoms with van der Waals surface area (Å²) >= 11 is 1.54. The van der Waals surface area contributed by atoms with Gasteiger partial charge in [0.2, 0.25) is 24.4 Å². The summed E-state index contributed by atoms with van der Waals surface area (Å²) in [4.78, 5) is 17.3. The first-order chi connectivity index (χ1) is 11.8. The minimum absolute atomic E-state index is 0.135. The van der Waals surface area contributed by atoms with Crippen LogP contribution in [-0.4, -0.2) is 22.8 Å². The van der Waals surface area contributed by atoms with Crippen LogP contribution in [0.2, 0.25) is 0 Å². The highest BCUT2D eigenvalue weighted by Crippen LogP contribution is 2.34. The quantitative estimate of drug-likeness (QED) is 0.766. The van der Waals surface area contributed by atoms with Gasteiger partial charge in [0.25, 0.3) is 0 Å². The molecule has 0 radical (unpaired) electrons. The highest BCUT2D eigenvalue weighted by atomic mass is 32.1. The molecule has 4 rings (SSSR count). The van der Waals surface area contributed by atoms with Gasteiger partial charge in [-0.1, -0.05) is 11.2 Å². The second-order valence-electron chi connectivity index (χ2n) is 5.11. The Kier molecular flexibility index (Phi) is 3.87. The average molecular weight is 343 g/mol. The Bertz CT molecular complexity index is 860. The van der Waals surface area contributed by atoms with Gasteiger partial charge in [0, 0.05) is 24.6 Å². The molecule has 1 amide bonds. The minimum atomic E-state index is -0.135. The van der Waals surface area contributed by atoms with Gasteiger partial charge in [0.15, 0.2) is 11.5 Å². The molecule has 0 bridgehead atoms. The van der Waals surface area contributed by atoms with Crippen molar-refractivity contribution in [2.75, 3.05) is 12.1 Å². The zero-order chi connectivity index (χ0) is 16.4. The maximum atomic E-state index is 12.1. The molecule has 1 aliphatic rings. The first-order valence-electron chi connectivity index (χ1n) is 7.34. The summed E-state index contributed by atoms with van der Waals surface area (Å²) in [7, 11) is 0. The average Bonchev–Trinajstić information content (AvgIpc) is 3.32. The largest absolute Gasteiger partial charge is 0.454 e. The van der Waals surface area contributed by atoms with Gasteiger partial charge in [0.1, 0.15) is 0 Å². The fraction of sp³-hybridized carbons (Fsp3) is 0.188. The Morgan fingerprint density at radius 2 is 2.17 bits per heavy atom. The van der Waals surface area contributed by atoms with Gasteiger partial charge in [-0.25, -0.2) is 0 Å². The molecule has 122 valence electrons. The van der Waals surface area contributed by atoms with Crippen molar-refractivity contribution in [1.29, 1.82) is 0 Å². The van der Waals surface area contributed by atoms with Crippen molar-refractivity contribution in [3.05, 3.63) is 41.6 Å². The molecule has 0 fully saturated rings. The van der Waals surface area contributed by atoms with Crippen molar-refractivity contribution in [3.63, 3.8) is 0 Å². The number of thiophene rings is 1. The normalized spacial score (nSPS) is 12.3. The number of ether oxygens (including phenoxy) is 2. The van der Waals surface area contributed by atoms with Crippen LogP contribution in [0.1, 0.15) is 12.3 Å². The zero-order valence-corrected chi connectivity index (χ0v) is 13.3. The molecule has 7 nitrogen and oxygen atoms in total. The third-order valence-electron chi connectivity index (χ3n) is 3.43. The van der Waals surface area contributed by atoms with Crippen molar-refractivity contribution in [2.24, 2.45) is 0 Å². The topological polar surface area (TPSA) is 86.5 Å². The lowest BCUT2D eigenvalue weighted by Crippen LogP contribution is -2.12. The Morgan fingerprint density at radius 1 is 1.25 bits per heavy atom. The number of aryl methyl sites for hydroxylation is 1. The fourth-order valence-corrected chi connectivity index (χ4v) is 2.93. The molecule has 0 saturated heterocycles. The smallest absolute Gasteiger partial charge is 0.231 e. The first kappa shape index (κ1) is 14.7. The molecule has 24 heavy (non-hydrogen) atoms. The van der Waals surface area contributed by atoms with Crippen LogP contribution in [0.3, 0.4) is 0 Å². The van der Waals surface area contributed by atoms with E-state index >= 15 is 0 Å². The number of rotatable bonds is 5. The summed E-state index contributed by atoms with van der Waals surface area (Å²) < 4.78 is 15.7. The molecule has 1 aromatic carbocycles. The number of hydrogen-bond donors (Lipinski definition) is 1. The summed E-state index contributed by atoms with van der Waals surface area (Å²) in [5.41, 5.74) is 0.661. The van der Waals surface area contributed by atoms with Gasteiger partial charge < -0.3 is 19.3 Å². The van der Waals surface area contributed by atoms with Crippen LogP contribution in [-0.2, 0) is 11.2 Å². The molecule has 0 aliphatic carbocycles. The van der Waals surface area contributed by atoms with Crippen LogP contribution < -0.4 is 14.8 Å². The Hall–Kier alpha value is -2.87. The van der Waals surface area contributed by atoms with Gasteiger partial charge in [-0.15, -0.1) is 11.3 Å². The second kappa shape index (κ2) is 6.32. The van der Waals surface area contributed by atoms with E-state index in [0.29, 0.717) is 35.3 Å². The van der Waals surface area contributed by atoms with Gasteiger partial charge >= 0.3 is 0 Å². The van der Waals surface area contributed by atoms with Crippen LogP contribution in [0.4, 0.5) is 5.69 Å². The number of benzene rings is 1. The lowest BCUT2D eigenvalue weighted by atomic mass is 10.2. The predicted octanol–water partition coefficient (Wildman–Crippen LogP) is 3.10. The van der Waals surface area contributed by atoms with E-state index in [1.165, 1.54) is 11.3 Å². The summed E-state index contributed by atoms with van der Waals surface area (Å²) in [6.45, 7) is 0.205. The van der Waals surface area contributed by atoms with E-state index in [-0.39, 0.29) is 19.1 Å². The van der Waals surface area contributed by atoms with Gasteiger partial charge in [0.05, 0.1) is 4.88 Å². The molecular weight excluding hydrogens is 330 g/mol. The van der Waals surface area contributed by atoms with Gasteiger partial charge in [-0.05, 0) is 23.6 Å². The fourth-order valence-electron chi connectivity index (χ4n) is 2.28. The SMILES string of the molecule is O=C(CCc1nc(-c2cccs2)no1)Nc1ccc2c(c1)OCO2. The number of anilines is 1. The number of nitrogens with one attached hydrogen (secondary N) is 1. The number of aromatic nitrogens is 2. The minimum Gasteiger partial charge on any atom is -0.454 e. The van der Waals surface area contributed by atoms with Crippen molar-refractivity contribution >= 4 is 22.9 Å². The molecule has 1 aliphatic heterocycles. The van der Waals surface area contributed by atoms with Gasteiger partial charge in [-0.2, -0.15) is 4.98 Å². The molecule has 3 heterocycles. The zero-order valence-electron chi connectivity index (χ0n) is 12.5. The van der Waals surface area contributed by atoms with E-state index in [1.807, 2.05) is 17.5 Å². The summed E-state index contributed by atoms with van der Waals surface area (Å²) in [6, 6.07) is 9.12. The second-order valence-corrected chi connectivity index (χ2v) is 6.05. The molecular formula is C16H13N3O4S. The van der Waals surface area contributed by atoms with E-state index in [0.717, 1.165) is 4.88 Å².